The number of rotatable bonds is 4. The molecule has 0 fully saturated rings. The summed E-state index contributed by atoms with van der Waals surface area (Å²) in [6, 6.07) is 5.37. The van der Waals surface area contributed by atoms with Crippen LogP contribution < -0.4 is 16.4 Å². The minimum atomic E-state index is -0.727. The number of benzene rings is 1. The number of anilines is 1. The maximum absolute atomic E-state index is 12.0. The topological polar surface area (TPSA) is 84.2 Å². The maximum atomic E-state index is 12.0. The van der Waals surface area contributed by atoms with E-state index >= 15 is 0 Å². The fourth-order valence-corrected chi connectivity index (χ4v) is 1.66. The molecule has 0 aliphatic rings. The standard InChI is InChI=1S/C12H16ClN3O2/c1-7(2)10(16-12(14)18)11(17)15-9-5-3-4-8(13)6-9/h3-7,10H,1-2H3,(H,15,17)(H3,14,16,18)/t10-/m0/s1. The largest absolute Gasteiger partial charge is 0.352 e. The molecule has 0 radical (unpaired) electrons. The molecule has 1 rings (SSSR count). The molecule has 0 aliphatic carbocycles. The Bertz CT molecular complexity index is 449. The average molecular weight is 270 g/mol. The van der Waals surface area contributed by atoms with Crippen molar-refractivity contribution in [3.63, 3.8) is 0 Å². The lowest BCUT2D eigenvalue weighted by molar-refractivity contribution is -0.118. The Kier molecular flexibility index (Phi) is 4.97. The normalized spacial score (nSPS) is 12.0. The van der Waals surface area contributed by atoms with E-state index in [0.29, 0.717) is 10.7 Å². The number of amides is 3. The summed E-state index contributed by atoms with van der Waals surface area (Å²) in [6.07, 6.45) is 0. The Morgan fingerprint density at radius 3 is 2.50 bits per heavy atom. The van der Waals surface area contributed by atoms with E-state index in [4.69, 9.17) is 17.3 Å². The Labute approximate surface area is 111 Å². The predicted octanol–water partition coefficient (Wildman–Crippen LogP) is 1.97. The SMILES string of the molecule is CC(C)[C@H](NC(N)=O)C(=O)Nc1cccc(Cl)c1. The summed E-state index contributed by atoms with van der Waals surface area (Å²) in [4.78, 5) is 22.8. The third kappa shape index (κ3) is 4.25. The molecule has 1 aromatic carbocycles. The van der Waals surface area contributed by atoms with Crippen LogP contribution in [0.1, 0.15) is 13.8 Å². The van der Waals surface area contributed by atoms with Crippen LogP contribution in [0.3, 0.4) is 0 Å². The number of hydrogen-bond donors (Lipinski definition) is 3. The number of carbonyl (C=O) groups excluding carboxylic acids is 2. The third-order valence-electron chi connectivity index (χ3n) is 2.34. The molecule has 5 nitrogen and oxygen atoms in total. The number of halogens is 1. The van der Waals surface area contributed by atoms with Gasteiger partial charge in [-0.15, -0.1) is 0 Å². The van der Waals surface area contributed by atoms with Crippen molar-refractivity contribution < 1.29 is 9.59 Å². The molecule has 98 valence electrons. The maximum Gasteiger partial charge on any atom is 0.312 e. The zero-order chi connectivity index (χ0) is 13.7. The van der Waals surface area contributed by atoms with Crippen molar-refractivity contribution in [3.05, 3.63) is 29.3 Å². The van der Waals surface area contributed by atoms with Crippen LogP contribution in [0.25, 0.3) is 0 Å². The summed E-state index contributed by atoms with van der Waals surface area (Å²) in [6.45, 7) is 3.64. The minimum Gasteiger partial charge on any atom is -0.352 e. The van der Waals surface area contributed by atoms with Gasteiger partial charge < -0.3 is 16.4 Å². The second kappa shape index (κ2) is 6.26. The number of nitrogens with two attached hydrogens (primary N) is 1. The zero-order valence-corrected chi connectivity index (χ0v) is 11.0. The third-order valence-corrected chi connectivity index (χ3v) is 2.57. The monoisotopic (exact) mass is 269 g/mol. The van der Waals surface area contributed by atoms with Gasteiger partial charge in [-0.25, -0.2) is 4.79 Å². The van der Waals surface area contributed by atoms with Gasteiger partial charge in [0.15, 0.2) is 0 Å². The van der Waals surface area contributed by atoms with Crippen LogP contribution in [0.4, 0.5) is 10.5 Å². The summed E-state index contributed by atoms with van der Waals surface area (Å²) in [5.41, 5.74) is 5.61. The van der Waals surface area contributed by atoms with Crippen molar-refractivity contribution in [2.75, 3.05) is 5.32 Å². The molecule has 4 N–H and O–H groups in total. The van der Waals surface area contributed by atoms with Crippen molar-refractivity contribution in [1.82, 2.24) is 5.32 Å². The van der Waals surface area contributed by atoms with E-state index < -0.39 is 12.1 Å². The van der Waals surface area contributed by atoms with Crippen molar-refractivity contribution in [3.8, 4) is 0 Å². The summed E-state index contributed by atoms with van der Waals surface area (Å²) in [7, 11) is 0. The smallest absolute Gasteiger partial charge is 0.312 e. The van der Waals surface area contributed by atoms with Crippen LogP contribution in [0.2, 0.25) is 5.02 Å². The zero-order valence-electron chi connectivity index (χ0n) is 10.2. The van der Waals surface area contributed by atoms with Crippen LogP contribution in [-0.4, -0.2) is 18.0 Å². The van der Waals surface area contributed by atoms with Gasteiger partial charge in [0.2, 0.25) is 5.91 Å². The van der Waals surface area contributed by atoms with Gasteiger partial charge in [0, 0.05) is 10.7 Å². The molecule has 0 heterocycles. The van der Waals surface area contributed by atoms with Gasteiger partial charge in [0.25, 0.3) is 0 Å². The first-order valence-corrected chi connectivity index (χ1v) is 5.90. The highest BCUT2D eigenvalue weighted by Crippen LogP contribution is 2.15. The van der Waals surface area contributed by atoms with E-state index in [1.54, 1.807) is 24.3 Å². The van der Waals surface area contributed by atoms with E-state index in [2.05, 4.69) is 10.6 Å². The molecule has 1 aromatic rings. The summed E-state index contributed by atoms with van der Waals surface area (Å²) >= 11 is 5.81. The summed E-state index contributed by atoms with van der Waals surface area (Å²) in [5.74, 6) is -0.400. The molecule has 0 aromatic heterocycles. The number of primary amides is 1. The van der Waals surface area contributed by atoms with Gasteiger partial charge in [-0.2, -0.15) is 0 Å². The second-order valence-corrected chi connectivity index (χ2v) is 4.67. The average Bonchev–Trinajstić information content (AvgIpc) is 2.25. The summed E-state index contributed by atoms with van der Waals surface area (Å²) < 4.78 is 0. The molecule has 0 aliphatic heterocycles. The van der Waals surface area contributed by atoms with Gasteiger partial charge in [-0.05, 0) is 24.1 Å². The quantitative estimate of drug-likeness (QED) is 0.781. The lowest BCUT2D eigenvalue weighted by Crippen LogP contribution is -2.49. The fraction of sp³-hybridized carbons (Fsp3) is 0.333. The molecule has 0 bridgehead atoms. The lowest BCUT2D eigenvalue weighted by Gasteiger charge is -2.20. The molecule has 6 heteroatoms. The van der Waals surface area contributed by atoms with Gasteiger partial charge in [0.1, 0.15) is 6.04 Å². The molecule has 0 saturated heterocycles. The van der Waals surface area contributed by atoms with Crippen LogP contribution in [0, 0.1) is 5.92 Å². The van der Waals surface area contributed by atoms with Gasteiger partial charge in [-0.3, -0.25) is 4.79 Å². The first-order chi connectivity index (χ1) is 8.40. The summed E-state index contributed by atoms with van der Waals surface area (Å²) in [5, 5.41) is 5.61. The second-order valence-electron chi connectivity index (χ2n) is 4.23. The van der Waals surface area contributed by atoms with E-state index in [1.807, 2.05) is 13.8 Å². The van der Waals surface area contributed by atoms with E-state index in [9.17, 15) is 9.59 Å². The highest BCUT2D eigenvalue weighted by molar-refractivity contribution is 6.30. The van der Waals surface area contributed by atoms with E-state index in [1.165, 1.54) is 0 Å². The van der Waals surface area contributed by atoms with Gasteiger partial charge in [0.05, 0.1) is 0 Å². The molecule has 1 atom stereocenters. The number of hydrogen-bond acceptors (Lipinski definition) is 2. The van der Waals surface area contributed by atoms with E-state index in [0.717, 1.165) is 0 Å². The minimum absolute atomic E-state index is 0.0725. The number of carbonyl (C=O) groups is 2. The number of urea groups is 1. The first-order valence-electron chi connectivity index (χ1n) is 5.52. The Morgan fingerprint density at radius 1 is 1.33 bits per heavy atom. The fourth-order valence-electron chi connectivity index (χ4n) is 1.47. The molecule has 3 amide bonds. The van der Waals surface area contributed by atoms with E-state index in [-0.39, 0.29) is 11.8 Å². The van der Waals surface area contributed by atoms with Crippen LogP contribution in [-0.2, 0) is 4.79 Å². The van der Waals surface area contributed by atoms with Gasteiger partial charge in [-0.1, -0.05) is 31.5 Å². The highest BCUT2D eigenvalue weighted by Gasteiger charge is 2.23. The van der Waals surface area contributed by atoms with Crippen molar-refractivity contribution in [2.45, 2.75) is 19.9 Å². The predicted molar refractivity (Wildman–Crippen MR) is 71.4 cm³/mol. The number of nitrogens with one attached hydrogen (secondary N) is 2. The first kappa shape index (κ1) is 14.3. The Balaban J connectivity index is 2.75. The molecular formula is C12H16ClN3O2. The molecular weight excluding hydrogens is 254 g/mol. The molecule has 0 saturated carbocycles. The Hall–Kier alpha value is -1.75. The highest BCUT2D eigenvalue weighted by atomic mass is 35.5. The van der Waals surface area contributed by atoms with Crippen molar-refractivity contribution >= 4 is 29.2 Å². The van der Waals surface area contributed by atoms with Crippen LogP contribution >= 0.6 is 11.6 Å². The molecule has 0 unspecified atom stereocenters. The van der Waals surface area contributed by atoms with Gasteiger partial charge >= 0.3 is 6.03 Å². The van der Waals surface area contributed by atoms with Crippen molar-refractivity contribution in [1.29, 1.82) is 0 Å². The van der Waals surface area contributed by atoms with Crippen LogP contribution in [0.5, 0.6) is 0 Å². The molecule has 0 spiro atoms. The lowest BCUT2D eigenvalue weighted by atomic mass is 10.0. The molecule has 18 heavy (non-hydrogen) atoms. The van der Waals surface area contributed by atoms with Crippen molar-refractivity contribution in [2.24, 2.45) is 11.7 Å². The Morgan fingerprint density at radius 2 is 2.00 bits per heavy atom. The van der Waals surface area contributed by atoms with Crippen LogP contribution in [0.15, 0.2) is 24.3 Å².